The predicted molar refractivity (Wildman–Crippen MR) is 65.2 cm³/mol. The Morgan fingerprint density at radius 2 is 2.11 bits per heavy atom. The molecule has 92 valence electrons. The van der Waals surface area contributed by atoms with E-state index in [1.807, 2.05) is 36.4 Å². The van der Waals surface area contributed by atoms with Crippen LogP contribution >= 0.6 is 0 Å². The Morgan fingerprint density at radius 1 is 1.22 bits per heavy atom. The third-order valence-electron chi connectivity index (χ3n) is 2.79. The van der Waals surface area contributed by atoms with E-state index in [1.54, 1.807) is 0 Å². The number of ether oxygens (including phenoxy) is 3. The molecular weight excluding hydrogens is 232 g/mol. The average molecular weight is 244 g/mol. The molecule has 0 amide bonds. The summed E-state index contributed by atoms with van der Waals surface area (Å²) >= 11 is 0. The van der Waals surface area contributed by atoms with Gasteiger partial charge < -0.3 is 14.2 Å². The summed E-state index contributed by atoms with van der Waals surface area (Å²) in [5.74, 6) is 1.22. The number of hydrogen-bond acceptors (Lipinski definition) is 4. The van der Waals surface area contributed by atoms with E-state index in [4.69, 9.17) is 14.2 Å². The van der Waals surface area contributed by atoms with E-state index >= 15 is 0 Å². The molecule has 0 spiro atoms. The minimum atomic E-state index is -0.290. The molecule has 0 radical (unpaired) electrons. The largest absolute Gasteiger partial charge is 0.455 e. The van der Waals surface area contributed by atoms with Crippen LogP contribution in [0.4, 0.5) is 0 Å². The summed E-state index contributed by atoms with van der Waals surface area (Å²) in [7, 11) is 0. The zero-order chi connectivity index (χ0) is 12.4. The first kappa shape index (κ1) is 10.9. The fourth-order valence-corrected chi connectivity index (χ4v) is 1.89. The number of cyclic esters (lactones) is 1. The van der Waals surface area contributed by atoms with Crippen molar-refractivity contribution in [3.05, 3.63) is 42.0 Å². The summed E-state index contributed by atoms with van der Waals surface area (Å²) in [6.45, 7) is 0.271. The summed E-state index contributed by atoms with van der Waals surface area (Å²) in [6, 6.07) is 5.71. The smallest absolute Gasteiger partial charge is 0.331 e. The molecule has 1 aromatic carbocycles. The number of fused-ring (bicyclic) bond motifs is 1. The zero-order valence-electron chi connectivity index (χ0n) is 9.67. The highest BCUT2D eigenvalue weighted by Gasteiger charge is 2.14. The van der Waals surface area contributed by atoms with Gasteiger partial charge in [0.15, 0.2) is 11.5 Å². The van der Waals surface area contributed by atoms with Gasteiger partial charge in [-0.3, -0.25) is 0 Å². The molecule has 0 bridgehead atoms. The maximum Gasteiger partial charge on any atom is 0.331 e. The summed E-state index contributed by atoms with van der Waals surface area (Å²) in [6.07, 6.45) is 7.59. The van der Waals surface area contributed by atoms with Gasteiger partial charge in [0.05, 0.1) is 0 Å². The van der Waals surface area contributed by atoms with Crippen LogP contribution < -0.4 is 9.47 Å². The molecule has 3 rings (SSSR count). The van der Waals surface area contributed by atoms with Crippen molar-refractivity contribution in [2.75, 3.05) is 6.79 Å². The quantitative estimate of drug-likeness (QED) is 0.749. The maximum absolute atomic E-state index is 11.1. The van der Waals surface area contributed by atoms with Crippen molar-refractivity contribution in [1.82, 2.24) is 0 Å². The summed E-state index contributed by atoms with van der Waals surface area (Å²) in [5.41, 5.74) is 0.991. The summed E-state index contributed by atoms with van der Waals surface area (Å²) in [4.78, 5) is 11.1. The van der Waals surface area contributed by atoms with Gasteiger partial charge in [0.25, 0.3) is 0 Å². The van der Waals surface area contributed by atoms with E-state index in [1.165, 1.54) is 6.08 Å². The van der Waals surface area contributed by atoms with Gasteiger partial charge >= 0.3 is 5.97 Å². The van der Waals surface area contributed by atoms with Gasteiger partial charge in [-0.15, -0.1) is 0 Å². The second kappa shape index (κ2) is 4.56. The van der Waals surface area contributed by atoms with Crippen LogP contribution in [0.15, 0.2) is 36.4 Å². The maximum atomic E-state index is 11.1. The highest BCUT2D eigenvalue weighted by atomic mass is 16.7. The number of benzene rings is 1. The van der Waals surface area contributed by atoms with Crippen LogP contribution in [-0.4, -0.2) is 18.9 Å². The van der Waals surface area contributed by atoms with Crippen molar-refractivity contribution in [3.8, 4) is 11.5 Å². The lowest BCUT2D eigenvalue weighted by atomic mass is 10.1. The lowest BCUT2D eigenvalue weighted by molar-refractivity contribution is -0.141. The van der Waals surface area contributed by atoms with Gasteiger partial charge in [0.1, 0.15) is 6.10 Å². The first-order valence-corrected chi connectivity index (χ1v) is 5.76. The number of carbonyl (C=O) groups excluding carboxylic acids is 1. The van der Waals surface area contributed by atoms with Crippen molar-refractivity contribution in [2.24, 2.45) is 0 Å². The third-order valence-corrected chi connectivity index (χ3v) is 2.79. The molecule has 0 saturated carbocycles. The van der Waals surface area contributed by atoms with Crippen LogP contribution in [0.3, 0.4) is 0 Å². The molecule has 0 saturated heterocycles. The Labute approximate surface area is 104 Å². The Balaban J connectivity index is 1.72. The highest BCUT2D eigenvalue weighted by molar-refractivity contribution is 5.83. The first-order chi connectivity index (χ1) is 8.81. The molecule has 0 N–H and O–H groups in total. The topological polar surface area (TPSA) is 44.8 Å². The molecule has 1 aromatic rings. The molecule has 4 heteroatoms. The fraction of sp³-hybridized carbons (Fsp3) is 0.214. The zero-order valence-corrected chi connectivity index (χ0v) is 9.67. The fourth-order valence-electron chi connectivity index (χ4n) is 1.89. The molecule has 2 heterocycles. The van der Waals surface area contributed by atoms with Gasteiger partial charge in [0, 0.05) is 12.5 Å². The van der Waals surface area contributed by atoms with Crippen LogP contribution in [0, 0.1) is 0 Å². The van der Waals surface area contributed by atoms with Crippen LogP contribution in [0.1, 0.15) is 12.0 Å². The number of carbonyl (C=O) groups is 1. The normalized spacial score (nSPS) is 21.3. The molecule has 0 fully saturated rings. The SMILES string of the molecule is O=C1C=CCC(C=Cc2ccc3c(c2)OCO3)O1. The molecule has 1 unspecified atom stereocenters. The minimum Gasteiger partial charge on any atom is -0.455 e. The first-order valence-electron chi connectivity index (χ1n) is 5.76. The Hall–Kier alpha value is -2.23. The molecule has 2 aliphatic rings. The minimum absolute atomic E-state index is 0.187. The van der Waals surface area contributed by atoms with Gasteiger partial charge in [-0.2, -0.15) is 0 Å². The predicted octanol–water partition coefficient (Wildman–Crippen LogP) is 2.30. The monoisotopic (exact) mass is 244 g/mol. The van der Waals surface area contributed by atoms with Gasteiger partial charge in [-0.1, -0.05) is 18.2 Å². The Bertz CT molecular complexity index is 531. The van der Waals surface area contributed by atoms with Gasteiger partial charge in [-0.05, 0) is 23.8 Å². The van der Waals surface area contributed by atoms with Crippen molar-refractivity contribution in [1.29, 1.82) is 0 Å². The lowest BCUT2D eigenvalue weighted by Gasteiger charge is -2.14. The molecule has 1 atom stereocenters. The van der Waals surface area contributed by atoms with E-state index in [0.29, 0.717) is 6.42 Å². The van der Waals surface area contributed by atoms with E-state index in [-0.39, 0.29) is 18.9 Å². The molecule has 4 nitrogen and oxygen atoms in total. The van der Waals surface area contributed by atoms with Gasteiger partial charge in [0.2, 0.25) is 6.79 Å². The van der Waals surface area contributed by atoms with Crippen LogP contribution in [0.25, 0.3) is 6.08 Å². The summed E-state index contributed by atoms with van der Waals surface area (Å²) in [5, 5.41) is 0. The van der Waals surface area contributed by atoms with Crippen molar-refractivity contribution in [3.63, 3.8) is 0 Å². The Morgan fingerprint density at radius 3 is 3.00 bits per heavy atom. The average Bonchev–Trinajstić information content (AvgIpc) is 2.84. The molecule has 18 heavy (non-hydrogen) atoms. The van der Waals surface area contributed by atoms with E-state index in [0.717, 1.165) is 17.1 Å². The molecule has 0 aromatic heterocycles. The van der Waals surface area contributed by atoms with E-state index in [9.17, 15) is 4.79 Å². The van der Waals surface area contributed by atoms with Crippen molar-refractivity contribution < 1.29 is 19.0 Å². The molecule has 2 aliphatic heterocycles. The molecule has 0 aliphatic carbocycles. The Kier molecular flexibility index (Phi) is 2.76. The number of esters is 1. The van der Waals surface area contributed by atoms with Crippen molar-refractivity contribution >= 4 is 12.0 Å². The lowest BCUT2D eigenvalue weighted by Crippen LogP contribution is -2.17. The van der Waals surface area contributed by atoms with E-state index < -0.39 is 0 Å². The second-order valence-electron chi connectivity index (χ2n) is 4.09. The van der Waals surface area contributed by atoms with Crippen LogP contribution in [0.5, 0.6) is 11.5 Å². The second-order valence-corrected chi connectivity index (χ2v) is 4.09. The van der Waals surface area contributed by atoms with Crippen LogP contribution in [-0.2, 0) is 9.53 Å². The van der Waals surface area contributed by atoms with Gasteiger partial charge in [-0.25, -0.2) is 4.79 Å². The standard InChI is InChI=1S/C14H12O4/c15-14-3-1-2-11(18-14)6-4-10-5-7-12-13(8-10)17-9-16-12/h1,3-8,11H,2,9H2. The number of hydrogen-bond donors (Lipinski definition) is 0. The third kappa shape index (κ3) is 2.22. The van der Waals surface area contributed by atoms with Crippen molar-refractivity contribution in [2.45, 2.75) is 12.5 Å². The number of rotatable bonds is 2. The van der Waals surface area contributed by atoms with Crippen LogP contribution in [0.2, 0.25) is 0 Å². The van der Waals surface area contributed by atoms with E-state index in [2.05, 4.69) is 0 Å². The summed E-state index contributed by atoms with van der Waals surface area (Å²) < 4.78 is 15.7. The highest BCUT2D eigenvalue weighted by Crippen LogP contribution is 2.32. The molecular formula is C14H12O4.